The summed E-state index contributed by atoms with van der Waals surface area (Å²) in [6.45, 7) is 3.64. The number of hydrogen-bond acceptors (Lipinski definition) is 8. The van der Waals surface area contributed by atoms with E-state index < -0.39 is 23.9 Å². The highest BCUT2D eigenvalue weighted by Gasteiger charge is 2.38. The van der Waals surface area contributed by atoms with Crippen molar-refractivity contribution in [2.45, 2.75) is 51.7 Å². The van der Waals surface area contributed by atoms with Gasteiger partial charge in [0.2, 0.25) is 23.6 Å². The lowest BCUT2D eigenvalue weighted by Crippen LogP contribution is -2.54. The van der Waals surface area contributed by atoms with Crippen LogP contribution in [0.15, 0.2) is 24.3 Å². The number of fused-ring (bicyclic) bond motifs is 1. The first kappa shape index (κ1) is 25.7. The summed E-state index contributed by atoms with van der Waals surface area (Å²) in [6.07, 6.45) is 1.08. The summed E-state index contributed by atoms with van der Waals surface area (Å²) in [5.41, 5.74) is 6.89. The first-order valence-electron chi connectivity index (χ1n) is 11.5. The second-order valence-electron chi connectivity index (χ2n) is 8.35. The fourth-order valence-electron chi connectivity index (χ4n) is 3.88. The molecule has 0 bridgehead atoms. The quantitative estimate of drug-likeness (QED) is 0.261. The molecule has 35 heavy (non-hydrogen) atoms. The number of nitrogens with two attached hydrogens (primary N) is 1. The van der Waals surface area contributed by atoms with Crippen LogP contribution < -0.4 is 26.6 Å². The highest BCUT2D eigenvalue weighted by atomic mass is 16.2. The van der Waals surface area contributed by atoms with Crippen LogP contribution in [-0.2, 0) is 32.1 Å². The van der Waals surface area contributed by atoms with Crippen molar-refractivity contribution in [1.82, 2.24) is 36.6 Å². The number of anilines is 1. The molecular formula is C22H31N9O4. The van der Waals surface area contributed by atoms with Gasteiger partial charge in [-0.2, -0.15) is 5.21 Å². The van der Waals surface area contributed by atoms with Gasteiger partial charge in [0.05, 0.1) is 13.1 Å². The summed E-state index contributed by atoms with van der Waals surface area (Å²) >= 11 is 0. The third kappa shape index (κ3) is 6.38. The van der Waals surface area contributed by atoms with Gasteiger partial charge in [-0.05, 0) is 17.5 Å². The van der Waals surface area contributed by atoms with Crippen molar-refractivity contribution in [2.24, 2.45) is 11.7 Å². The van der Waals surface area contributed by atoms with Crippen molar-refractivity contribution in [3.63, 3.8) is 0 Å². The van der Waals surface area contributed by atoms with Gasteiger partial charge in [-0.15, -0.1) is 10.2 Å². The molecule has 0 radical (unpaired) electrons. The highest BCUT2D eigenvalue weighted by molar-refractivity contribution is 6.05. The van der Waals surface area contributed by atoms with E-state index in [0.29, 0.717) is 24.4 Å². The third-order valence-corrected chi connectivity index (χ3v) is 5.95. The number of tetrazole rings is 1. The van der Waals surface area contributed by atoms with E-state index in [1.54, 1.807) is 12.1 Å². The fourth-order valence-corrected chi connectivity index (χ4v) is 3.88. The lowest BCUT2D eigenvalue weighted by molar-refractivity contribution is -0.131. The molecule has 0 saturated heterocycles. The number of hydrogen-bond donors (Lipinski definition) is 5. The molecule has 2 heterocycles. The average molecular weight is 486 g/mol. The Bertz CT molecular complexity index is 1040. The summed E-state index contributed by atoms with van der Waals surface area (Å²) in [5, 5.41) is 21.4. The largest absolute Gasteiger partial charge is 0.347 e. The van der Waals surface area contributed by atoms with Gasteiger partial charge >= 0.3 is 0 Å². The molecule has 1 aliphatic heterocycles. The van der Waals surface area contributed by atoms with Crippen LogP contribution in [0, 0.1) is 5.92 Å². The van der Waals surface area contributed by atoms with Crippen LogP contribution >= 0.6 is 0 Å². The van der Waals surface area contributed by atoms with Crippen molar-refractivity contribution in [3.05, 3.63) is 35.7 Å². The number of aromatic nitrogens is 4. The van der Waals surface area contributed by atoms with Crippen LogP contribution in [0.1, 0.15) is 38.1 Å². The molecule has 188 valence electrons. The number of carbonyl (C=O) groups is 4. The van der Waals surface area contributed by atoms with Crippen LogP contribution in [0.25, 0.3) is 0 Å². The standard InChI is InChI=1S/C22H31N9O4/c1-3-13(2)20(26-18(32)8-9-23)22(35)25-12-19(33)31-15-7-5-4-6-14(15)10-16(31)21(34)24-11-17-27-29-30-28-17/h4-7,13,16,20H,3,8-12,23H2,1-2H3,(H,24,34)(H,25,35)(H,26,32)(H,27,28,29,30)/t13-,16-,20-/m0/s1. The van der Waals surface area contributed by atoms with E-state index in [4.69, 9.17) is 5.73 Å². The number of aromatic amines is 1. The summed E-state index contributed by atoms with van der Waals surface area (Å²) in [4.78, 5) is 52.5. The SMILES string of the molecule is CC[C@H](C)[C@H](NC(=O)CCN)C(=O)NCC(=O)N1c2ccccc2C[C@H]1C(=O)NCc1nn[nH]n1. The first-order chi connectivity index (χ1) is 16.8. The van der Waals surface area contributed by atoms with Crippen LogP contribution in [0.5, 0.6) is 0 Å². The number of para-hydroxylation sites is 1. The molecule has 0 aliphatic carbocycles. The summed E-state index contributed by atoms with van der Waals surface area (Å²) in [7, 11) is 0. The predicted octanol–water partition coefficient (Wildman–Crippen LogP) is -1.23. The van der Waals surface area contributed by atoms with Crippen molar-refractivity contribution in [1.29, 1.82) is 0 Å². The summed E-state index contributed by atoms with van der Waals surface area (Å²) in [6, 6.07) is 5.64. The zero-order valence-electron chi connectivity index (χ0n) is 19.8. The molecule has 4 amide bonds. The Balaban J connectivity index is 1.68. The molecule has 0 spiro atoms. The van der Waals surface area contributed by atoms with Crippen molar-refractivity contribution in [2.75, 3.05) is 18.0 Å². The number of amides is 4. The number of nitrogens with one attached hydrogen (secondary N) is 4. The zero-order valence-corrected chi connectivity index (χ0v) is 19.8. The van der Waals surface area contributed by atoms with E-state index >= 15 is 0 Å². The van der Waals surface area contributed by atoms with Crippen molar-refractivity contribution in [3.8, 4) is 0 Å². The summed E-state index contributed by atoms with van der Waals surface area (Å²) < 4.78 is 0. The Labute approximate surface area is 202 Å². The molecule has 6 N–H and O–H groups in total. The van der Waals surface area contributed by atoms with Crippen LogP contribution in [0.4, 0.5) is 5.69 Å². The van der Waals surface area contributed by atoms with Crippen LogP contribution in [-0.4, -0.2) is 69.4 Å². The lowest BCUT2D eigenvalue weighted by atomic mass is 9.98. The lowest BCUT2D eigenvalue weighted by Gasteiger charge is -2.26. The van der Waals surface area contributed by atoms with Gasteiger partial charge < -0.3 is 21.7 Å². The van der Waals surface area contributed by atoms with Gasteiger partial charge in [-0.25, -0.2) is 0 Å². The molecule has 1 aliphatic rings. The monoisotopic (exact) mass is 485 g/mol. The number of nitrogens with zero attached hydrogens (tertiary/aromatic N) is 4. The summed E-state index contributed by atoms with van der Waals surface area (Å²) in [5.74, 6) is -1.46. The second-order valence-corrected chi connectivity index (χ2v) is 8.35. The molecule has 1 aromatic carbocycles. The van der Waals surface area contributed by atoms with Gasteiger partial charge in [0.25, 0.3) is 0 Å². The van der Waals surface area contributed by atoms with E-state index in [-0.39, 0.29) is 43.8 Å². The Morgan fingerprint density at radius 1 is 1.23 bits per heavy atom. The smallest absolute Gasteiger partial charge is 0.247 e. The topological polar surface area (TPSA) is 188 Å². The number of benzene rings is 1. The average Bonchev–Trinajstić information content (AvgIpc) is 3.51. The maximum atomic E-state index is 13.2. The number of carbonyl (C=O) groups excluding carboxylic acids is 4. The van der Waals surface area contributed by atoms with E-state index in [1.807, 2.05) is 26.0 Å². The molecule has 0 fully saturated rings. The Morgan fingerprint density at radius 2 is 2.00 bits per heavy atom. The fraction of sp³-hybridized carbons (Fsp3) is 0.500. The molecule has 0 unspecified atom stereocenters. The number of H-pyrrole nitrogens is 1. The third-order valence-electron chi connectivity index (χ3n) is 5.95. The van der Waals surface area contributed by atoms with Crippen molar-refractivity contribution < 1.29 is 19.2 Å². The van der Waals surface area contributed by atoms with Gasteiger partial charge in [-0.3, -0.25) is 24.1 Å². The first-order valence-corrected chi connectivity index (χ1v) is 11.5. The predicted molar refractivity (Wildman–Crippen MR) is 126 cm³/mol. The minimum absolute atomic E-state index is 0.0556. The Hall–Kier alpha value is -3.87. The van der Waals surface area contributed by atoms with E-state index in [0.717, 1.165) is 5.56 Å². The second kappa shape index (κ2) is 12.0. The maximum Gasteiger partial charge on any atom is 0.247 e. The van der Waals surface area contributed by atoms with Gasteiger partial charge in [0.15, 0.2) is 5.82 Å². The number of rotatable bonds is 11. The van der Waals surface area contributed by atoms with Gasteiger partial charge in [0.1, 0.15) is 12.1 Å². The molecule has 1 aromatic heterocycles. The molecule has 3 atom stereocenters. The maximum absolute atomic E-state index is 13.2. The zero-order chi connectivity index (χ0) is 25.4. The minimum Gasteiger partial charge on any atom is -0.347 e. The molecule has 13 nitrogen and oxygen atoms in total. The van der Waals surface area contributed by atoms with E-state index in [9.17, 15) is 19.2 Å². The van der Waals surface area contributed by atoms with Gasteiger partial charge in [0, 0.05) is 25.1 Å². The van der Waals surface area contributed by atoms with Gasteiger partial charge in [-0.1, -0.05) is 43.7 Å². The van der Waals surface area contributed by atoms with E-state index in [1.165, 1.54) is 4.90 Å². The van der Waals surface area contributed by atoms with Crippen LogP contribution in [0.3, 0.4) is 0 Å². The van der Waals surface area contributed by atoms with Crippen molar-refractivity contribution >= 4 is 29.3 Å². The molecule has 2 aromatic rings. The molecule has 0 saturated carbocycles. The molecular weight excluding hydrogens is 454 g/mol. The Kier molecular flexibility index (Phi) is 8.84. The molecule has 13 heteroatoms. The highest BCUT2D eigenvalue weighted by Crippen LogP contribution is 2.32. The van der Waals surface area contributed by atoms with Crippen LogP contribution in [0.2, 0.25) is 0 Å². The van der Waals surface area contributed by atoms with E-state index in [2.05, 4.69) is 36.6 Å². The Morgan fingerprint density at radius 3 is 2.69 bits per heavy atom. The molecule has 3 rings (SSSR count). The normalized spacial score (nSPS) is 16.2. The minimum atomic E-state index is -0.799.